The third kappa shape index (κ3) is 21.0. The lowest BCUT2D eigenvalue weighted by Crippen LogP contribution is -2.58. The van der Waals surface area contributed by atoms with Crippen molar-refractivity contribution in [1.29, 1.82) is 0 Å². The minimum Gasteiger partial charge on any atom is -0.280 e. The van der Waals surface area contributed by atoms with E-state index >= 15 is 0 Å². The number of hydrogen-bond acceptors (Lipinski definition) is 9. The highest BCUT2D eigenvalue weighted by Gasteiger charge is 2.75. The minimum absolute atomic E-state index is 1.90. The predicted molar refractivity (Wildman–Crippen MR) is 99.6 cm³/mol. The number of rotatable bonds is 12. The monoisotopic (exact) mass is 846 g/mol. The zero-order valence-corrected chi connectivity index (χ0v) is 22.4. The van der Waals surface area contributed by atoms with E-state index in [-0.39, 0.29) is 0 Å². The van der Waals surface area contributed by atoms with Gasteiger partial charge in [0, 0.05) is 0 Å². The van der Waals surface area contributed by atoms with E-state index in [0.29, 0.717) is 0 Å². The summed E-state index contributed by atoms with van der Waals surface area (Å²) in [6.45, 7) is -5.04. The van der Waals surface area contributed by atoms with Crippen LogP contribution in [0.2, 0.25) is 0 Å². The van der Waals surface area contributed by atoms with Crippen molar-refractivity contribution in [2.45, 2.75) is 41.6 Å². The molecule has 0 aliphatic heterocycles. The van der Waals surface area contributed by atoms with Gasteiger partial charge < -0.3 is 0 Å². The molecule has 0 N–H and O–H groups in total. The van der Waals surface area contributed by atoms with Crippen LogP contribution in [0.15, 0.2) is 0 Å². The fourth-order valence-corrected chi connectivity index (χ4v) is 0.886. The number of hydrogen-bond donors (Lipinski definition) is 0. The molecule has 0 aromatic rings. The van der Waals surface area contributed by atoms with Crippen molar-refractivity contribution < 1.29 is 157 Å². The van der Waals surface area contributed by atoms with Crippen LogP contribution in [0.3, 0.4) is 0 Å². The van der Waals surface area contributed by atoms with Crippen LogP contribution in [0.5, 0.6) is 0 Å². The molecular formula is C17H4F26O9. The quantitative estimate of drug-likeness (QED) is 0.112. The summed E-state index contributed by atoms with van der Waals surface area (Å²) in [7, 11) is 0. The molecule has 0 spiro atoms. The summed E-state index contributed by atoms with van der Waals surface area (Å²) in [5.41, 5.74) is 0. The van der Waals surface area contributed by atoms with Crippen molar-refractivity contribution in [3.63, 3.8) is 0 Å². The van der Waals surface area contributed by atoms with Crippen LogP contribution >= 0.6 is 0 Å². The Balaban J connectivity index is -0.000000128. The van der Waals surface area contributed by atoms with Crippen molar-refractivity contribution in [3.05, 3.63) is 0 Å². The van der Waals surface area contributed by atoms with Gasteiger partial charge in [0.1, 0.15) is 0 Å². The van der Waals surface area contributed by atoms with E-state index in [9.17, 15) is 129 Å². The molecule has 0 aromatic heterocycles. The minimum atomic E-state index is -6.40. The largest absolute Gasteiger partial charge is 0.483 e. The first kappa shape index (κ1) is 59.6. The molecule has 0 fully saturated rings. The number of halogens is 26. The zero-order chi connectivity index (χ0) is 44.2. The maximum atomic E-state index is 12.0. The first-order chi connectivity index (χ1) is 22.5. The zero-order valence-electron chi connectivity index (χ0n) is 22.4. The molecule has 0 radical (unpaired) electrons. The Kier molecular flexibility index (Phi) is 26.5. The van der Waals surface area contributed by atoms with Gasteiger partial charge in [-0.05, 0) is 0 Å². The second kappa shape index (κ2) is 23.1. The summed E-state index contributed by atoms with van der Waals surface area (Å²) in [4.78, 5) is 71.2. The Morgan fingerprint density at radius 2 is 0.615 bits per heavy atom. The molecule has 0 heterocycles. The lowest BCUT2D eigenvalue weighted by atomic mass is 10.1. The predicted octanol–water partition coefficient (Wildman–Crippen LogP) is 7.33. The SMILES string of the molecule is O=C(F)C(F)(F)C(=O)F.O=C(F)C(F)(F)C(F)(F)C(=O)F.O=C(F)C(F)(F)C(F)(F)C(F)(F)CF.O=C(F)C(F)(F)OCF.O=C(F)F.O=C(F)F. The van der Waals surface area contributed by atoms with Crippen LogP contribution in [-0.2, 0) is 33.5 Å². The van der Waals surface area contributed by atoms with Crippen molar-refractivity contribution in [1.82, 2.24) is 0 Å². The Morgan fingerprint density at radius 3 is 0.712 bits per heavy atom. The van der Waals surface area contributed by atoms with E-state index in [0.717, 1.165) is 0 Å². The molecule has 35 heteroatoms. The van der Waals surface area contributed by atoms with Crippen molar-refractivity contribution in [3.8, 4) is 0 Å². The molecule has 0 unspecified atom stereocenters. The second-order valence-corrected chi connectivity index (χ2v) is 6.57. The molecule has 9 nitrogen and oxygen atoms in total. The molecule has 0 aliphatic carbocycles. The third-order valence-electron chi connectivity index (χ3n) is 3.11. The van der Waals surface area contributed by atoms with Gasteiger partial charge in [0.05, 0.1) is 0 Å². The van der Waals surface area contributed by atoms with Gasteiger partial charge in [-0.15, -0.1) is 17.6 Å². The van der Waals surface area contributed by atoms with Gasteiger partial charge in [-0.2, -0.15) is 87.8 Å². The Bertz CT molecular complexity index is 1170. The molecule has 52 heavy (non-hydrogen) atoms. The van der Waals surface area contributed by atoms with Gasteiger partial charge in [0.25, 0.3) is 0 Å². The van der Waals surface area contributed by atoms with E-state index in [1.807, 2.05) is 0 Å². The molecule has 0 aliphatic rings. The molecule has 0 rings (SSSR count). The number of carbonyl (C=O) groups is 8. The number of ether oxygens (including phenoxy) is 1. The molecule has 0 aromatic carbocycles. The highest BCUT2D eigenvalue weighted by molar-refractivity contribution is 6.00. The Morgan fingerprint density at radius 1 is 0.385 bits per heavy atom. The van der Waals surface area contributed by atoms with Gasteiger partial charge in [0.15, 0.2) is 13.5 Å². The number of carbonyl (C=O) groups excluding carboxylic acids is 8. The average Bonchev–Trinajstić information content (AvgIpc) is 2.92. The second-order valence-electron chi connectivity index (χ2n) is 6.57. The maximum Gasteiger partial charge on any atom is 0.483 e. The Labute approximate surface area is 262 Å². The number of alkyl halides is 16. The summed E-state index contributed by atoms with van der Waals surface area (Å²) in [5.74, 6) is -35.5. The van der Waals surface area contributed by atoms with E-state index in [2.05, 4.69) is 4.74 Å². The summed E-state index contributed by atoms with van der Waals surface area (Å²) >= 11 is 0. The van der Waals surface area contributed by atoms with E-state index in [1.54, 1.807) is 0 Å². The molecule has 0 amide bonds. The van der Waals surface area contributed by atoms with Crippen molar-refractivity contribution in [2.75, 3.05) is 13.5 Å². The molecule has 0 bridgehead atoms. The standard InChI is InChI=1S/C5H2F8O.C4F6O2.C3H2F4O2.C3F4O2.2CF2O/c6-1-3(8,9)5(12,13)4(10,11)2(7)14;5-1(11)3(7,8)4(9,10)2(6)12;4-1-9-3(6,7)2(5)8;4-1(8)3(6,7)2(5)9;2*2-1(3)4/h1H2;;1H2;;;. The van der Waals surface area contributed by atoms with E-state index in [4.69, 9.17) is 24.0 Å². The first-order valence-electron chi connectivity index (χ1n) is 9.80. The first-order valence-corrected chi connectivity index (χ1v) is 9.80. The van der Waals surface area contributed by atoms with Crippen LogP contribution in [0.1, 0.15) is 0 Å². The maximum absolute atomic E-state index is 12.0. The lowest BCUT2D eigenvalue weighted by Gasteiger charge is -2.28. The van der Waals surface area contributed by atoms with Gasteiger partial charge >= 0.3 is 90.4 Å². The highest BCUT2D eigenvalue weighted by atomic mass is 19.4. The molecule has 308 valence electrons. The van der Waals surface area contributed by atoms with Gasteiger partial charge in [-0.3, -0.25) is 33.5 Å². The van der Waals surface area contributed by atoms with Gasteiger partial charge in [0.2, 0.25) is 0 Å². The molecule has 0 saturated carbocycles. The van der Waals surface area contributed by atoms with Crippen molar-refractivity contribution in [2.24, 2.45) is 0 Å². The fourth-order valence-electron chi connectivity index (χ4n) is 0.886. The lowest BCUT2D eigenvalue weighted by molar-refractivity contribution is -0.303. The van der Waals surface area contributed by atoms with Crippen LogP contribution in [0.4, 0.5) is 124 Å². The Hall–Kier alpha value is -4.50. The van der Waals surface area contributed by atoms with Crippen LogP contribution in [0, 0.1) is 0 Å². The summed E-state index contributed by atoms with van der Waals surface area (Å²) in [5, 5.41) is 0. The highest BCUT2D eigenvalue weighted by Crippen LogP contribution is 2.46. The smallest absolute Gasteiger partial charge is 0.280 e. The van der Waals surface area contributed by atoms with Crippen LogP contribution in [-0.4, -0.2) is 104 Å². The normalized spacial score (nSPS) is 11.7. The van der Waals surface area contributed by atoms with E-state index in [1.165, 1.54) is 0 Å². The van der Waals surface area contributed by atoms with Gasteiger partial charge in [-0.25, -0.2) is 18.4 Å². The van der Waals surface area contributed by atoms with Gasteiger partial charge in [-0.1, -0.05) is 0 Å². The molecule has 0 atom stereocenters. The van der Waals surface area contributed by atoms with Crippen molar-refractivity contribution >= 4 is 48.8 Å². The fraction of sp³-hybridized carbons (Fsp3) is 0.529. The summed E-state index contributed by atoms with van der Waals surface area (Å²) < 4.78 is 293. The summed E-state index contributed by atoms with van der Waals surface area (Å²) in [6, 6.07) is -21.0. The third-order valence-corrected chi connectivity index (χ3v) is 3.11. The van der Waals surface area contributed by atoms with Crippen LogP contribution < -0.4 is 0 Å². The summed E-state index contributed by atoms with van der Waals surface area (Å²) in [6.07, 6.45) is -10.3. The molecule has 0 saturated heterocycles. The topological polar surface area (TPSA) is 146 Å². The molecular weight excluding hydrogens is 842 g/mol. The van der Waals surface area contributed by atoms with Crippen LogP contribution in [0.25, 0.3) is 0 Å². The average molecular weight is 846 g/mol. The van der Waals surface area contributed by atoms with E-state index < -0.39 is 104 Å².